The van der Waals surface area contributed by atoms with Gasteiger partial charge in [-0.15, -0.1) is 0 Å². The maximum atomic E-state index is 14.0. The minimum absolute atomic E-state index is 0.0251. The Bertz CT molecular complexity index is 1520. The SMILES string of the molecule is CC(C)(c1ccc(C(C)(C)c2cc(N)c(O)c(OC(F)(F)C(F)C(F)(F)F)c2)cc1)c1cc(N)c(O)c(OC(F)(F)C(F)C(F)(F)F)c1. The lowest BCUT2D eigenvalue weighted by Crippen LogP contribution is -2.45. The first-order valence-corrected chi connectivity index (χ1v) is 13.5. The number of phenolic OH excluding ortho intramolecular Hbond substituents is 2. The minimum Gasteiger partial charge on any atom is -0.503 e. The molecule has 0 aliphatic carbocycles. The van der Waals surface area contributed by atoms with Gasteiger partial charge in [0.15, 0.2) is 23.0 Å². The number of rotatable bonds is 10. The van der Waals surface area contributed by atoms with E-state index >= 15 is 0 Å². The van der Waals surface area contributed by atoms with Crippen LogP contribution >= 0.6 is 0 Å². The van der Waals surface area contributed by atoms with Crippen molar-refractivity contribution in [3.8, 4) is 23.0 Å². The van der Waals surface area contributed by atoms with Gasteiger partial charge >= 0.3 is 24.6 Å². The van der Waals surface area contributed by atoms with Crippen molar-refractivity contribution >= 4 is 11.4 Å². The molecule has 0 aromatic heterocycles. The van der Waals surface area contributed by atoms with Gasteiger partial charge in [-0.2, -0.15) is 43.9 Å². The molecule has 3 aromatic rings. The van der Waals surface area contributed by atoms with E-state index in [1.165, 1.54) is 52.0 Å². The highest BCUT2D eigenvalue weighted by atomic mass is 19.4. The zero-order valence-electron chi connectivity index (χ0n) is 25.2. The summed E-state index contributed by atoms with van der Waals surface area (Å²) in [7, 11) is 0. The lowest BCUT2D eigenvalue weighted by molar-refractivity contribution is -0.306. The van der Waals surface area contributed by atoms with E-state index in [0.29, 0.717) is 11.1 Å². The molecule has 6 N–H and O–H groups in total. The number of nitrogen functional groups attached to an aromatic ring is 2. The van der Waals surface area contributed by atoms with Crippen LogP contribution in [0.2, 0.25) is 0 Å². The predicted octanol–water partition coefficient (Wildman–Crippen LogP) is 8.66. The first-order valence-electron chi connectivity index (χ1n) is 13.5. The third kappa shape index (κ3) is 7.51. The van der Waals surface area contributed by atoms with E-state index in [2.05, 4.69) is 9.47 Å². The normalized spacial score (nSPS) is 14.8. The maximum Gasteiger partial charge on any atom is 0.439 e. The Morgan fingerprint density at radius 2 is 0.792 bits per heavy atom. The highest BCUT2D eigenvalue weighted by Gasteiger charge is 2.60. The van der Waals surface area contributed by atoms with Crippen LogP contribution < -0.4 is 20.9 Å². The van der Waals surface area contributed by atoms with Crippen molar-refractivity contribution < 1.29 is 72.4 Å². The molecule has 0 aliphatic heterocycles. The average molecular weight is 709 g/mol. The van der Waals surface area contributed by atoms with Crippen LogP contribution in [0.15, 0.2) is 48.5 Å². The summed E-state index contributed by atoms with van der Waals surface area (Å²) in [4.78, 5) is 0. The van der Waals surface area contributed by atoms with E-state index in [0.717, 1.165) is 24.3 Å². The first-order chi connectivity index (χ1) is 21.5. The molecule has 266 valence electrons. The summed E-state index contributed by atoms with van der Waals surface area (Å²) in [5.41, 5.74) is 8.61. The number of hydrogen-bond donors (Lipinski definition) is 4. The second-order valence-electron chi connectivity index (χ2n) is 11.8. The number of alkyl halides is 12. The maximum absolute atomic E-state index is 14.0. The number of ether oxygens (including phenoxy) is 2. The standard InChI is InChI=1S/C30H28F12N2O4/c1-25(2,15-9-17(43)21(45)19(11-15)47-29(39,40)23(31)27(33,34)35)13-5-7-14(8-6-13)26(3,4)16-10-18(44)22(46)20(12-16)48-30(41,42)24(32)28(36,37)38/h5-12,23-24,45-46H,43-44H2,1-4H3. The summed E-state index contributed by atoms with van der Waals surface area (Å²) < 4.78 is 166. The van der Waals surface area contributed by atoms with E-state index in [1.807, 2.05) is 0 Å². The molecule has 2 atom stereocenters. The number of aromatic hydroxyl groups is 2. The molecule has 18 heteroatoms. The van der Waals surface area contributed by atoms with Crippen molar-refractivity contribution in [2.24, 2.45) is 0 Å². The summed E-state index contributed by atoms with van der Waals surface area (Å²) in [5, 5.41) is 20.2. The summed E-state index contributed by atoms with van der Waals surface area (Å²) in [5.74, 6) is -4.82. The van der Waals surface area contributed by atoms with Gasteiger partial charge in [-0.25, -0.2) is 8.78 Å². The van der Waals surface area contributed by atoms with Crippen LogP contribution in [0.5, 0.6) is 23.0 Å². The van der Waals surface area contributed by atoms with Gasteiger partial charge in [0.1, 0.15) is 0 Å². The minimum atomic E-state index is -5.99. The van der Waals surface area contributed by atoms with E-state index in [-0.39, 0.29) is 11.1 Å². The third-order valence-electron chi connectivity index (χ3n) is 7.64. The molecule has 0 spiro atoms. The molecule has 0 amide bonds. The molecule has 2 unspecified atom stereocenters. The van der Waals surface area contributed by atoms with Crippen LogP contribution in [0.25, 0.3) is 0 Å². The molecule has 0 heterocycles. The Balaban J connectivity index is 1.99. The zero-order chi connectivity index (χ0) is 37.0. The second-order valence-corrected chi connectivity index (χ2v) is 11.8. The molecule has 0 bridgehead atoms. The van der Waals surface area contributed by atoms with Gasteiger partial charge in [-0.1, -0.05) is 52.0 Å². The molecule has 6 nitrogen and oxygen atoms in total. The fourth-order valence-electron chi connectivity index (χ4n) is 4.55. The molecule has 0 aliphatic rings. The van der Waals surface area contributed by atoms with Gasteiger partial charge in [-0.3, -0.25) is 0 Å². The number of halogens is 12. The van der Waals surface area contributed by atoms with Crippen molar-refractivity contribution in [2.75, 3.05) is 11.5 Å². The molecule has 3 aromatic carbocycles. The molecular formula is C30H28F12N2O4. The molecule has 3 rings (SSSR count). The Hall–Kier alpha value is -4.38. The smallest absolute Gasteiger partial charge is 0.439 e. The van der Waals surface area contributed by atoms with E-state index in [4.69, 9.17) is 11.5 Å². The van der Waals surface area contributed by atoms with Gasteiger partial charge in [-0.05, 0) is 46.5 Å². The molecular weight excluding hydrogens is 680 g/mol. The van der Waals surface area contributed by atoms with Crippen LogP contribution in [0, 0.1) is 0 Å². The van der Waals surface area contributed by atoms with Crippen LogP contribution in [-0.4, -0.2) is 47.1 Å². The summed E-state index contributed by atoms with van der Waals surface area (Å²) >= 11 is 0. The lowest BCUT2D eigenvalue weighted by Gasteiger charge is -2.31. The summed E-state index contributed by atoms with van der Waals surface area (Å²) in [6.45, 7) is 6.10. The van der Waals surface area contributed by atoms with E-state index < -0.39 is 82.1 Å². The second kappa shape index (κ2) is 12.3. The van der Waals surface area contributed by atoms with Crippen LogP contribution in [-0.2, 0) is 10.8 Å². The quantitative estimate of drug-likeness (QED) is 0.0954. The molecule has 0 saturated heterocycles. The number of phenols is 2. The Morgan fingerprint density at radius 1 is 0.521 bits per heavy atom. The topological polar surface area (TPSA) is 111 Å². The molecule has 48 heavy (non-hydrogen) atoms. The van der Waals surface area contributed by atoms with Crippen molar-refractivity contribution in [3.63, 3.8) is 0 Å². The Morgan fingerprint density at radius 3 is 1.04 bits per heavy atom. The summed E-state index contributed by atoms with van der Waals surface area (Å²) in [6, 6.07) is 9.69. The van der Waals surface area contributed by atoms with Crippen molar-refractivity contribution in [1.82, 2.24) is 0 Å². The van der Waals surface area contributed by atoms with E-state index in [1.54, 1.807) is 0 Å². The zero-order valence-corrected chi connectivity index (χ0v) is 25.2. The third-order valence-corrected chi connectivity index (χ3v) is 7.64. The molecule has 0 radical (unpaired) electrons. The Labute approximate surface area is 264 Å². The van der Waals surface area contributed by atoms with Gasteiger partial charge in [0.2, 0.25) is 0 Å². The molecule has 0 saturated carbocycles. The molecule has 0 fully saturated rings. The van der Waals surface area contributed by atoms with Crippen molar-refractivity contribution in [2.45, 2.75) is 75.4 Å². The van der Waals surface area contributed by atoms with Crippen LogP contribution in [0.4, 0.5) is 64.1 Å². The van der Waals surface area contributed by atoms with Gasteiger partial charge in [0, 0.05) is 10.8 Å². The predicted molar refractivity (Wildman–Crippen MR) is 149 cm³/mol. The number of benzene rings is 3. The van der Waals surface area contributed by atoms with Crippen molar-refractivity contribution in [1.29, 1.82) is 0 Å². The lowest BCUT2D eigenvalue weighted by atomic mass is 9.74. The average Bonchev–Trinajstić information content (AvgIpc) is 2.95. The van der Waals surface area contributed by atoms with Crippen LogP contribution in [0.3, 0.4) is 0 Å². The highest BCUT2D eigenvalue weighted by Crippen LogP contribution is 2.47. The highest BCUT2D eigenvalue weighted by molar-refractivity contribution is 5.65. The van der Waals surface area contributed by atoms with Crippen molar-refractivity contribution in [3.05, 3.63) is 70.8 Å². The summed E-state index contributed by atoms with van der Waals surface area (Å²) in [6.07, 6.45) is -32.3. The van der Waals surface area contributed by atoms with Gasteiger partial charge in [0.05, 0.1) is 11.4 Å². The largest absolute Gasteiger partial charge is 0.503 e. The number of nitrogens with two attached hydrogens (primary N) is 2. The monoisotopic (exact) mass is 708 g/mol. The Kier molecular flexibility index (Phi) is 9.72. The number of hydrogen-bond acceptors (Lipinski definition) is 6. The van der Waals surface area contributed by atoms with Gasteiger partial charge < -0.3 is 31.2 Å². The van der Waals surface area contributed by atoms with E-state index in [9.17, 15) is 62.9 Å². The fourth-order valence-corrected chi connectivity index (χ4v) is 4.55. The van der Waals surface area contributed by atoms with Gasteiger partial charge in [0.25, 0.3) is 12.3 Å². The first kappa shape index (κ1) is 38.1. The number of anilines is 2. The van der Waals surface area contributed by atoms with Crippen LogP contribution in [0.1, 0.15) is 49.9 Å². The fraction of sp³-hybridized carbons (Fsp3) is 0.400.